The maximum Gasteiger partial charge on any atom is 0.264 e. The van der Waals surface area contributed by atoms with Crippen LogP contribution in [0.5, 0.6) is 0 Å². The summed E-state index contributed by atoms with van der Waals surface area (Å²) in [5.74, 6) is -0.194. The summed E-state index contributed by atoms with van der Waals surface area (Å²) in [6, 6.07) is 11.8. The average molecular weight is 375 g/mol. The van der Waals surface area contributed by atoms with Crippen LogP contribution in [-0.4, -0.2) is 27.9 Å². The van der Waals surface area contributed by atoms with E-state index in [2.05, 4.69) is 12.2 Å². The SMILES string of the molecule is CCCCNC(=O)c1ccc(C)c(N(C)S(=O)(=O)c2ccc(C)cc2)c1. The largest absolute Gasteiger partial charge is 0.352 e. The van der Waals surface area contributed by atoms with E-state index in [0.29, 0.717) is 17.8 Å². The molecule has 2 aromatic carbocycles. The lowest BCUT2D eigenvalue weighted by Crippen LogP contribution is -2.28. The predicted molar refractivity (Wildman–Crippen MR) is 105 cm³/mol. The minimum Gasteiger partial charge on any atom is -0.352 e. The molecular formula is C20H26N2O3S. The first-order valence-corrected chi connectivity index (χ1v) is 10.2. The number of hydrogen-bond acceptors (Lipinski definition) is 3. The number of hydrogen-bond donors (Lipinski definition) is 1. The summed E-state index contributed by atoms with van der Waals surface area (Å²) in [4.78, 5) is 12.5. The summed E-state index contributed by atoms with van der Waals surface area (Å²) in [5, 5.41) is 2.86. The van der Waals surface area contributed by atoms with E-state index in [1.165, 1.54) is 11.4 Å². The predicted octanol–water partition coefficient (Wildman–Crippen LogP) is 3.66. The highest BCUT2D eigenvalue weighted by molar-refractivity contribution is 7.92. The first-order valence-electron chi connectivity index (χ1n) is 8.72. The van der Waals surface area contributed by atoms with Crippen LogP contribution in [0.15, 0.2) is 47.4 Å². The van der Waals surface area contributed by atoms with Crippen LogP contribution < -0.4 is 9.62 Å². The quantitative estimate of drug-likeness (QED) is 0.752. The van der Waals surface area contributed by atoms with Crippen molar-refractivity contribution in [1.82, 2.24) is 5.32 Å². The molecule has 2 rings (SSSR count). The lowest BCUT2D eigenvalue weighted by atomic mass is 10.1. The van der Waals surface area contributed by atoms with Crippen molar-refractivity contribution in [2.45, 2.75) is 38.5 Å². The van der Waals surface area contributed by atoms with Gasteiger partial charge in [0.05, 0.1) is 10.6 Å². The maximum absolute atomic E-state index is 12.9. The van der Waals surface area contributed by atoms with Gasteiger partial charge in [0.1, 0.15) is 0 Å². The van der Waals surface area contributed by atoms with Gasteiger partial charge in [-0.05, 0) is 50.1 Å². The van der Waals surface area contributed by atoms with Crippen LogP contribution >= 0.6 is 0 Å². The summed E-state index contributed by atoms with van der Waals surface area (Å²) < 4.78 is 27.1. The fraction of sp³-hybridized carbons (Fsp3) is 0.350. The maximum atomic E-state index is 12.9. The number of anilines is 1. The zero-order valence-electron chi connectivity index (χ0n) is 15.7. The zero-order chi connectivity index (χ0) is 19.3. The van der Waals surface area contributed by atoms with Crippen molar-refractivity contribution in [1.29, 1.82) is 0 Å². The van der Waals surface area contributed by atoms with E-state index in [-0.39, 0.29) is 10.8 Å². The number of amides is 1. The van der Waals surface area contributed by atoms with Gasteiger partial charge in [0, 0.05) is 19.2 Å². The molecule has 0 radical (unpaired) electrons. The second-order valence-corrected chi connectivity index (χ2v) is 8.37. The Kier molecular flexibility index (Phi) is 6.42. The van der Waals surface area contributed by atoms with Gasteiger partial charge in [-0.25, -0.2) is 8.42 Å². The van der Waals surface area contributed by atoms with Gasteiger partial charge in [-0.2, -0.15) is 0 Å². The van der Waals surface area contributed by atoms with E-state index in [9.17, 15) is 13.2 Å². The summed E-state index contributed by atoms with van der Waals surface area (Å²) in [5.41, 5.74) is 2.73. The third-order valence-electron chi connectivity index (χ3n) is 4.31. The second-order valence-electron chi connectivity index (χ2n) is 6.40. The van der Waals surface area contributed by atoms with Gasteiger partial charge in [-0.3, -0.25) is 9.10 Å². The second kappa shape index (κ2) is 8.36. The molecule has 0 aliphatic carbocycles. The van der Waals surface area contributed by atoms with Crippen LogP contribution in [0.3, 0.4) is 0 Å². The molecule has 0 spiro atoms. The third-order valence-corrected chi connectivity index (χ3v) is 6.09. The Balaban J connectivity index is 2.33. The molecule has 2 aromatic rings. The van der Waals surface area contributed by atoms with E-state index < -0.39 is 10.0 Å². The standard InChI is InChI=1S/C20H26N2O3S/c1-5-6-13-21-20(23)17-10-9-16(3)19(14-17)22(4)26(24,25)18-11-7-15(2)8-12-18/h7-12,14H,5-6,13H2,1-4H3,(H,21,23). The van der Waals surface area contributed by atoms with Crippen molar-refractivity contribution in [3.63, 3.8) is 0 Å². The van der Waals surface area contributed by atoms with Gasteiger partial charge in [0.25, 0.3) is 15.9 Å². The van der Waals surface area contributed by atoms with Crippen LogP contribution in [0.2, 0.25) is 0 Å². The number of carbonyl (C=O) groups is 1. The van der Waals surface area contributed by atoms with Gasteiger partial charge in [0.15, 0.2) is 0 Å². The Morgan fingerprint density at radius 3 is 2.35 bits per heavy atom. The van der Waals surface area contributed by atoms with Gasteiger partial charge >= 0.3 is 0 Å². The summed E-state index contributed by atoms with van der Waals surface area (Å²) in [7, 11) is -2.18. The molecule has 0 saturated heterocycles. The summed E-state index contributed by atoms with van der Waals surface area (Å²) >= 11 is 0. The van der Waals surface area contributed by atoms with E-state index in [1.54, 1.807) is 42.5 Å². The Morgan fingerprint density at radius 2 is 1.73 bits per heavy atom. The van der Waals surface area contributed by atoms with Gasteiger partial charge in [-0.15, -0.1) is 0 Å². The molecule has 0 unspecified atom stereocenters. The third kappa shape index (κ3) is 4.43. The van der Waals surface area contributed by atoms with Crippen LogP contribution in [0.25, 0.3) is 0 Å². The molecule has 0 heterocycles. The molecule has 6 heteroatoms. The molecule has 5 nitrogen and oxygen atoms in total. The summed E-state index contributed by atoms with van der Waals surface area (Å²) in [6.07, 6.45) is 1.91. The highest BCUT2D eigenvalue weighted by Crippen LogP contribution is 2.26. The monoisotopic (exact) mass is 374 g/mol. The van der Waals surface area contributed by atoms with Crippen LogP contribution in [0.4, 0.5) is 5.69 Å². The van der Waals surface area contributed by atoms with Crippen LogP contribution in [0, 0.1) is 13.8 Å². The number of carbonyl (C=O) groups excluding carboxylic acids is 1. The number of sulfonamides is 1. The normalized spacial score (nSPS) is 11.2. The average Bonchev–Trinajstić information content (AvgIpc) is 2.62. The fourth-order valence-electron chi connectivity index (χ4n) is 2.57. The number of nitrogens with one attached hydrogen (secondary N) is 1. The van der Waals surface area contributed by atoms with Crippen molar-refractivity contribution in [3.8, 4) is 0 Å². The van der Waals surface area contributed by atoms with Crippen molar-refractivity contribution < 1.29 is 13.2 Å². The zero-order valence-corrected chi connectivity index (χ0v) is 16.6. The molecule has 0 bridgehead atoms. The molecule has 140 valence electrons. The van der Waals surface area contributed by atoms with Crippen molar-refractivity contribution >= 4 is 21.6 Å². The lowest BCUT2D eigenvalue weighted by Gasteiger charge is -2.22. The highest BCUT2D eigenvalue weighted by Gasteiger charge is 2.23. The molecule has 0 aromatic heterocycles. The van der Waals surface area contributed by atoms with E-state index in [1.807, 2.05) is 13.8 Å². The molecule has 0 atom stereocenters. The molecular weight excluding hydrogens is 348 g/mol. The molecule has 0 fully saturated rings. The van der Waals surface area contributed by atoms with Gasteiger partial charge in [0.2, 0.25) is 0 Å². The Labute approximate surface area is 156 Å². The number of aryl methyl sites for hydroxylation is 2. The molecule has 0 aliphatic rings. The van der Waals surface area contributed by atoms with Gasteiger partial charge < -0.3 is 5.32 Å². The smallest absolute Gasteiger partial charge is 0.264 e. The van der Waals surface area contributed by atoms with Crippen LogP contribution in [0.1, 0.15) is 41.3 Å². The molecule has 1 amide bonds. The molecule has 0 aliphatic heterocycles. The summed E-state index contributed by atoms with van der Waals surface area (Å²) in [6.45, 7) is 6.40. The topological polar surface area (TPSA) is 66.5 Å². The number of nitrogens with zero attached hydrogens (tertiary/aromatic N) is 1. The Hall–Kier alpha value is -2.34. The highest BCUT2D eigenvalue weighted by atomic mass is 32.2. The minimum atomic E-state index is -3.69. The molecule has 1 N–H and O–H groups in total. The first-order chi connectivity index (χ1) is 12.3. The fourth-order valence-corrected chi connectivity index (χ4v) is 3.82. The first kappa shape index (κ1) is 20.0. The van der Waals surface area contributed by atoms with E-state index in [0.717, 1.165) is 24.0 Å². The van der Waals surface area contributed by atoms with Gasteiger partial charge in [-0.1, -0.05) is 37.1 Å². The van der Waals surface area contributed by atoms with E-state index >= 15 is 0 Å². The number of unbranched alkanes of at least 4 members (excludes halogenated alkanes) is 1. The van der Waals surface area contributed by atoms with Crippen LogP contribution in [-0.2, 0) is 10.0 Å². The van der Waals surface area contributed by atoms with E-state index in [4.69, 9.17) is 0 Å². The lowest BCUT2D eigenvalue weighted by molar-refractivity contribution is 0.0953. The Morgan fingerprint density at radius 1 is 1.08 bits per heavy atom. The number of benzene rings is 2. The van der Waals surface area contributed by atoms with Crippen molar-refractivity contribution in [3.05, 3.63) is 59.2 Å². The molecule has 0 saturated carbocycles. The van der Waals surface area contributed by atoms with Crippen molar-refractivity contribution in [2.24, 2.45) is 0 Å². The van der Waals surface area contributed by atoms with Crippen molar-refractivity contribution in [2.75, 3.05) is 17.9 Å². The number of rotatable bonds is 7. The minimum absolute atomic E-state index is 0.194. The molecule has 26 heavy (non-hydrogen) atoms. The Bertz CT molecular complexity index is 874.